The van der Waals surface area contributed by atoms with E-state index in [1.165, 1.54) is 0 Å². The van der Waals surface area contributed by atoms with Gasteiger partial charge in [0.2, 0.25) is 5.91 Å². The molecule has 0 radical (unpaired) electrons. The summed E-state index contributed by atoms with van der Waals surface area (Å²) in [6.07, 6.45) is 4.58. The van der Waals surface area contributed by atoms with Gasteiger partial charge in [0.15, 0.2) is 5.65 Å². The minimum atomic E-state index is 0.248. The second-order valence-corrected chi connectivity index (χ2v) is 9.66. The molecule has 5 heteroatoms. The zero-order chi connectivity index (χ0) is 20.8. The van der Waals surface area contributed by atoms with Crippen LogP contribution in [0.15, 0.2) is 24.3 Å². The molecule has 0 spiro atoms. The number of aryl methyl sites for hydroxylation is 2. The summed E-state index contributed by atoms with van der Waals surface area (Å²) < 4.78 is 1.94. The molecule has 0 bridgehead atoms. The topological polar surface area (TPSA) is 50.5 Å². The van der Waals surface area contributed by atoms with E-state index < -0.39 is 0 Å². The fourth-order valence-corrected chi connectivity index (χ4v) is 4.80. The smallest absolute Gasteiger partial charge is 0.223 e. The van der Waals surface area contributed by atoms with Crippen molar-refractivity contribution in [1.29, 1.82) is 0 Å². The Kier molecular flexibility index (Phi) is 5.09. The molecule has 3 aromatic rings. The molecule has 0 saturated carbocycles. The van der Waals surface area contributed by atoms with E-state index in [0.29, 0.717) is 18.9 Å². The summed E-state index contributed by atoms with van der Waals surface area (Å²) in [6, 6.07) is 8.50. The molecule has 1 aliphatic rings. The molecule has 1 aliphatic heterocycles. The van der Waals surface area contributed by atoms with Crippen LogP contribution in [0.1, 0.15) is 63.4 Å². The minimum Gasteiger partial charge on any atom is -0.340 e. The number of hydrogen-bond donors (Lipinski definition) is 0. The zero-order valence-electron chi connectivity index (χ0n) is 18.3. The summed E-state index contributed by atoms with van der Waals surface area (Å²) in [6.45, 7) is 11.8. The van der Waals surface area contributed by atoms with Crippen LogP contribution < -0.4 is 0 Å². The van der Waals surface area contributed by atoms with Gasteiger partial charge in [-0.05, 0) is 62.6 Å². The van der Waals surface area contributed by atoms with Crippen LogP contribution in [0.25, 0.3) is 16.6 Å². The van der Waals surface area contributed by atoms with Gasteiger partial charge in [-0.25, -0.2) is 9.50 Å². The van der Waals surface area contributed by atoms with Crippen LogP contribution in [0.4, 0.5) is 0 Å². The van der Waals surface area contributed by atoms with Crippen molar-refractivity contribution in [1.82, 2.24) is 19.5 Å². The van der Waals surface area contributed by atoms with E-state index in [1.54, 1.807) is 0 Å². The van der Waals surface area contributed by atoms with Gasteiger partial charge < -0.3 is 4.90 Å². The third-order valence-electron chi connectivity index (χ3n) is 6.15. The number of rotatable bonds is 4. The van der Waals surface area contributed by atoms with Gasteiger partial charge in [-0.15, -0.1) is 0 Å². The Morgan fingerprint density at radius 1 is 1.21 bits per heavy atom. The number of carbonyl (C=O) groups is 1. The maximum atomic E-state index is 13.0. The van der Waals surface area contributed by atoms with E-state index >= 15 is 0 Å². The standard InChI is InChI=1S/C24H32N4O/c1-16-19(12-13-22(29)27-14-8-9-18(27)15-24(3,4)5)17(2)28-23(25-16)20-10-6-7-11-21(20)26-28/h6-7,10-11,18H,8-9,12-15H2,1-5H3. The van der Waals surface area contributed by atoms with Gasteiger partial charge in [0.25, 0.3) is 0 Å². The lowest BCUT2D eigenvalue weighted by atomic mass is 9.87. The molecule has 4 rings (SSSR count). The van der Waals surface area contributed by atoms with Crippen LogP contribution in [0.2, 0.25) is 0 Å². The highest BCUT2D eigenvalue weighted by Crippen LogP contribution is 2.30. The summed E-state index contributed by atoms with van der Waals surface area (Å²) in [4.78, 5) is 20.0. The Morgan fingerprint density at radius 3 is 2.72 bits per heavy atom. The van der Waals surface area contributed by atoms with E-state index in [1.807, 2.05) is 29.6 Å². The number of likely N-dealkylation sites (tertiary alicyclic amines) is 1. The molecule has 29 heavy (non-hydrogen) atoms. The second-order valence-electron chi connectivity index (χ2n) is 9.66. The lowest BCUT2D eigenvalue weighted by Crippen LogP contribution is -2.37. The largest absolute Gasteiger partial charge is 0.340 e. The Morgan fingerprint density at radius 2 is 1.97 bits per heavy atom. The Bertz CT molecular complexity index is 1060. The normalized spacial score (nSPS) is 17.6. The first kappa shape index (κ1) is 19.9. The Balaban J connectivity index is 1.55. The highest BCUT2D eigenvalue weighted by Gasteiger charge is 2.31. The minimum absolute atomic E-state index is 0.248. The highest BCUT2D eigenvalue weighted by atomic mass is 16.2. The van der Waals surface area contributed by atoms with Crippen LogP contribution >= 0.6 is 0 Å². The number of fused-ring (bicyclic) bond motifs is 3. The van der Waals surface area contributed by atoms with Gasteiger partial charge in [0, 0.05) is 35.8 Å². The molecule has 1 amide bonds. The van der Waals surface area contributed by atoms with Crippen LogP contribution in [0.5, 0.6) is 0 Å². The average Bonchev–Trinajstić information content (AvgIpc) is 3.25. The maximum absolute atomic E-state index is 13.0. The average molecular weight is 393 g/mol. The molecule has 154 valence electrons. The molecule has 0 N–H and O–H groups in total. The van der Waals surface area contributed by atoms with Gasteiger partial charge in [-0.1, -0.05) is 32.9 Å². The number of benzene rings is 1. The van der Waals surface area contributed by atoms with Crippen molar-refractivity contribution in [3.63, 3.8) is 0 Å². The summed E-state index contributed by atoms with van der Waals surface area (Å²) in [7, 11) is 0. The van der Waals surface area contributed by atoms with Gasteiger partial charge in [0.05, 0.1) is 5.52 Å². The van der Waals surface area contributed by atoms with Crippen molar-refractivity contribution < 1.29 is 4.79 Å². The third kappa shape index (κ3) is 3.87. The van der Waals surface area contributed by atoms with Crippen LogP contribution in [0, 0.1) is 19.3 Å². The fraction of sp³-hybridized carbons (Fsp3) is 0.542. The molecule has 2 aromatic heterocycles. The predicted molar refractivity (Wildman–Crippen MR) is 117 cm³/mol. The first-order valence-electron chi connectivity index (χ1n) is 10.8. The second kappa shape index (κ2) is 7.43. The van der Waals surface area contributed by atoms with E-state index in [0.717, 1.165) is 59.3 Å². The monoisotopic (exact) mass is 392 g/mol. The number of hydrogen-bond acceptors (Lipinski definition) is 3. The number of carbonyl (C=O) groups excluding carboxylic acids is 1. The van der Waals surface area contributed by atoms with Crippen molar-refractivity contribution in [2.45, 2.75) is 72.8 Å². The van der Waals surface area contributed by atoms with E-state index in [4.69, 9.17) is 10.1 Å². The van der Waals surface area contributed by atoms with E-state index in [9.17, 15) is 4.79 Å². The van der Waals surface area contributed by atoms with Crippen LogP contribution in [-0.2, 0) is 11.2 Å². The van der Waals surface area contributed by atoms with E-state index in [-0.39, 0.29) is 11.3 Å². The Hall–Kier alpha value is -2.43. The summed E-state index contributed by atoms with van der Waals surface area (Å²) in [5.74, 6) is 0.279. The molecular formula is C24H32N4O. The van der Waals surface area contributed by atoms with Crippen molar-refractivity contribution in [2.75, 3.05) is 6.54 Å². The first-order valence-corrected chi connectivity index (χ1v) is 10.8. The summed E-state index contributed by atoms with van der Waals surface area (Å²) in [5, 5.41) is 5.80. The molecule has 1 atom stereocenters. The zero-order valence-corrected chi connectivity index (χ0v) is 18.3. The summed E-state index contributed by atoms with van der Waals surface area (Å²) in [5.41, 5.74) is 5.33. The molecule has 0 aliphatic carbocycles. The Labute approximate surface area is 173 Å². The molecule has 1 saturated heterocycles. The van der Waals surface area contributed by atoms with Gasteiger partial charge in [-0.3, -0.25) is 4.79 Å². The SMILES string of the molecule is Cc1nc2c3ccccc3nn2c(C)c1CCC(=O)N1CCCC1CC(C)(C)C. The molecule has 1 aromatic carbocycles. The van der Waals surface area contributed by atoms with Crippen molar-refractivity contribution in [3.05, 3.63) is 41.2 Å². The van der Waals surface area contributed by atoms with Crippen molar-refractivity contribution in [2.24, 2.45) is 5.41 Å². The van der Waals surface area contributed by atoms with Crippen molar-refractivity contribution >= 4 is 22.5 Å². The fourth-order valence-electron chi connectivity index (χ4n) is 4.80. The van der Waals surface area contributed by atoms with E-state index in [2.05, 4.69) is 38.7 Å². The molecule has 1 unspecified atom stereocenters. The maximum Gasteiger partial charge on any atom is 0.223 e. The van der Waals surface area contributed by atoms with Gasteiger partial charge in [0.1, 0.15) is 0 Å². The predicted octanol–water partition coefficient (Wildman–Crippen LogP) is 4.86. The molecule has 5 nitrogen and oxygen atoms in total. The molecular weight excluding hydrogens is 360 g/mol. The molecule has 1 fully saturated rings. The first-order chi connectivity index (χ1) is 13.7. The molecule has 3 heterocycles. The van der Waals surface area contributed by atoms with Crippen molar-refractivity contribution in [3.8, 4) is 0 Å². The quantitative estimate of drug-likeness (QED) is 0.637. The number of nitrogens with zero attached hydrogens (tertiary/aromatic N) is 4. The van der Waals surface area contributed by atoms with Crippen LogP contribution in [0.3, 0.4) is 0 Å². The third-order valence-corrected chi connectivity index (χ3v) is 6.15. The van der Waals surface area contributed by atoms with Gasteiger partial charge in [-0.2, -0.15) is 5.10 Å². The summed E-state index contributed by atoms with van der Waals surface area (Å²) >= 11 is 0. The lowest BCUT2D eigenvalue weighted by molar-refractivity contribution is -0.132. The number of aromatic nitrogens is 3. The number of amides is 1. The van der Waals surface area contributed by atoms with Gasteiger partial charge >= 0.3 is 0 Å². The lowest BCUT2D eigenvalue weighted by Gasteiger charge is -2.30. The van der Waals surface area contributed by atoms with Crippen LogP contribution in [-0.4, -0.2) is 38.0 Å². The highest BCUT2D eigenvalue weighted by molar-refractivity contribution is 5.92.